The summed E-state index contributed by atoms with van der Waals surface area (Å²) >= 11 is 6.06. The van der Waals surface area contributed by atoms with Gasteiger partial charge in [-0.05, 0) is 23.8 Å². The molecule has 2 aromatic heterocycles. The number of hydrogen-bond donors (Lipinski definition) is 1. The van der Waals surface area contributed by atoms with E-state index in [-0.39, 0.29) is 6.61 Å². The molecule has 0 spiro atoms. The van der Waals surface area contributed by atoms with Crippen molar-refractivity contribution in [3.63, 3.8) is 0 Å². The molecule has 0 fully saturated rings. The first kappa shape index (κ1) is 15.8. The minimum absolute atomic E-state index is 0.226. The summed E-state index contributed by atoms with van der Waals surface area (Å²) in [5.74, 6) is 0. The van der Waals surface area contributed by atoms with Crippen LogP contribution in [0, 0.1) is 0 Å². The van der Waals surface area contributed by atoms with Gasteiger partial charge in [-0.2, -0.15) is 5.10 Å². The van der Waals surface area contributed by atoms with E-state index in [0.29, 0.717) is 18.2 Å². The predicted octanol–water partition coefficient (Wildman–Crippen LogP) is 2.90. The monoisotopic (exact) mass is 331 g/mol. The molecule has 1 atom stereocenters. The van der Waals surface area contributed by atoms with E-state index in [1.54, 1.807) is 10.9 Å². The molecule has 1 aromatic carbocycles. The highest BCUT2D eigenvalue weighted by molar-refractivity contribution is 6.31. The molecule has 0 amide bonds. The van der Waals surface area contributed by atoms with Crippen LogP contribution in [0.15, 0.2) is 61.2 Å². The standard InChI is InChI=1S/C17H18ClN3O2/c18-17-6-2-1-5-14(17)12-23-13-16(22)11-21-10-15(9-19-21)20-7-3-4-8-20/h1-10,16,22H,11-13H2. The summed E-state index contributed by atoms with van der Waals surface area (Å²) in [5.41, 5.74) is 1.87. The third-order valence-electron chi connectivity index (χ3n) is 3.45. The Morgan fingerprint density at radius 2 is 1.96 bits per heavy atom. The van der Waals surface area contributed by atoms with Gasteiger partial charge in [-0.3, -0.25) is 4.68 Å². The van der Waals surface area contributed by atoms with Gasteiger partial charge in [-0.1, -0.05) is 29.8 Å². The number of rotatable bonds is 7. The van der Waals surface area contributed by atoms with Gasteiger partial charge in [0.2, 0.25) is 0 Å². The zero-order valence-corrected chi connectivity index (χ0v) is 13.3. The number of halogens is 1. The fraction of sp³-hybridized carbons (Fsp3) is 0.235. The van der Waals surface area contributed by atoms with Crippen molar-refractivity contribution in [2.24, 2.45) is 0 Å². The molecule has 3 rings (SSSR count). The van der Waals surface area contributed by atoms with Crippen molar-refractivity contribution < 1.29 is 9.84 Å². The molecule has 2 heterocycles. The summed E-state index contributed by atoms with van der Waals surface area (Å²) in [6.45, 7) is 0.984. The lowest BCUT2D eigenvalue weighted by atomic mass is 10.2. The second-order valence-electron chi connectivity index (χ2n) is 5.27. The summed E-state index contributed by atoms with van der Waals surface area (Å²) in [4.78, 5) is 0. The molecule has 1 N–H and O–H groups in total. The highest BCUT2D eigenvalue weighted by atomic mass is 35.5. The molecule has 0 saturated carbocycles. The van der Waals surface area contributed by atoms with E-state index >= 15 is 0 Å². The van der Waals surface area contributed by atoms with Crippen molar-refractivity contribution >= 4 is 11.6 Å². The quantitative estimate of drug-likeness (QED) is 0.724. The van der Waals surface area contributed by atoms with Gasteiger partial charge in [-0.25, -0.2) is 0 Å². The lowest BCUT2D eigenvalue weighted by Crippen LogP contribution is -2.22. The Bertz CT molecular complexity index is 740. The zero-order valence-electron chi connectivity index (χ0n) is 12.5. The fourth-order valence-corrected chi connectivity index (χ4v) is 2.47. The molecular formula is C17H18ClN3O2. The summed E-state index contributed by atoms with van der Waals surface area (Å²) in [5, 5.41) is 15.0. The van der Waals surface area contributed by atoms with E-state index in [1.807, 2.05) is 59.6 Å². The zero-order chi connectivity index (χ0) is 16.1. The van der Waals surface area contributed by atoms with E-state index in [4.69, 9.17) is 16.3 Å². The molecule has 120 valence electrons. The van der Waals surface area contributed by atoms with Gasteiger partial charge < -0.3 is 14.4 Å². The minimum Gasteiger partial charge on any atom is -0.389 e. The molecule has 6 heteroatoms. The van der Waals surface area contributed by atoms with Crippen LogP contribution >= 0.6 is 11.6 Å². The number of ether oxygens (including phenoxy) is 1. The van der Waals surface area contributed by atoms with Gasteiger partial charge in [-0.15, -0.1) is 0 Å². The van der Waals surface area contributed by atoms with E-state index in [1.165, 1.54) is 0 Å². The number of aliphatic hydroxyl groups is 1. The van der Waals surface area contributed by atoms with Crippen LogP contribution in [0.5, 0.6) is 0 Å². The Balaban J connectivity index is 1.48. The Kier molecular flexibility index (Phi) is 5.12. The lowest BCUT2D eigenvalue weighted by molar-refractivity contribution is 0.0187. The van der Waals surface area contributed by atoms with E-state index < -0.39 is 6.10 Å². The van der Waals surface area contributed by atoms with Gasteiger partial charge in [0.25, 0.3) is 0 Å². The molecule has 1 unspecified atom stereocenters. The molecule has 0 aliphatic carbocycles. The first-order valence-corrected chi connectivity index (χ1v) is 7.75. The topological polar surface area (TPSA) is 52.2 Å². The number of aliphatic hydroxyl groups excluding tert-OH is 1. The highest BCUT2D eigenvalue weighted by Crippen LogP contribution is 2.15. The highest BCUT2D eigenvalue weighted by Gasteiger charge is 2.08. The molecule has 23 heavy (non-hydrogen) atoms. The Hall–Kier alpha value is -2.08. The van der Waals surface area contributed by atoms with Crippen molar-refractivity contribution in [1.82, 2.24) is 14.3 Å². The Morgan fingerprint density at radius 3 is 2.74 bits per heavy atom. The van der Waals surface area contributed by atoms with E-state index in [2.05, 4.69) is 5.10 Å². The van der Waals surface area contributed by atoms with Crippen molar-refractivity contribution in [3.8, 4) is 5.69 Å². The maximum atomic E-state index is 10.1. The second-order valence-corrected chi connectivity index (χ2v) is 5.68. The third kappa shape index (κ3) is 4.22. The van der Waals surface area contributed by atoms with Crippen molar-refractivity contribution in [2.45, 2.75) is 19.3 Å². The first-order chi connectivity index (χ1) is 11.2. The van der Waals surface area contributed by atoms with Crippen LogP contribution in [0.3, 0.4) is 0 Å². The molecule has 0 aliphatic rings. The van der Waals surface area contributed by atoms with Crippen LogP contribution < -0.4 is 0 Å². The number of aromatic nitrogens is 3. The van der Waals surface area contributed by atoms with Crippen molar-refractivity contribution in [1.29, 1.82) is 0 Å². The SMILES string of the molecule is OC(COCc1ccccc1Cl)Cn1cc(-n2cccc2)cn1. The largest absolute Gasteiger partial charge is 0.389 e. The van der Waals surface area contributed by atoms with Crippen LogP contribution in [-0.2, 0) is 17.9 Å². The number of hydrogen-bond acceptors (Lipinski definition) is 3. The molecule has 0 saturated heterocycles. The Labute approximate surface area is 139 Å². The molecule has 0 aliphatic heterocycles. The smallest absolute Gasteiger partial charge is 0.0969 e. The Morgan fingerprint density at radius 1 is 1.17 bits per heavy atom. The molecule has 3 aromatic rings. The number of nitrogens with zero attached hydrogens (tertiary/aromatic N) is 3. The maximum Gasteiger partial charge on any atom is 0.0969 e. The van der Waals surface area contributed by atoms with Crippen molar-refractivity contribution in [3.05, 3.63) is 71.8 Å². The fourth-order valence-electron chi connectivity index (χ4n) is 2.28. The van der Waals surface area contributed by atoms with Gasteiger partial charge in [0.15, 0.2) is 0 Å². The summed E-state index contributed by atoms with van der Waals surface area (Å²) in [7, 11) is 0. The lowest BCUT2D eigenvalue weighted by Gasteiger charge is -2.12. The maximum absolute atomic E-state index is 10.1. The van der Waals surface area contributed by atoms with Gasteiger partial charge >= 0.3 is 0 Å². The summed E-state index contributed by atoms with van der Waals surface area (Å²) in [6.07, 6.45) is 6.92. The second kappa shape index (κ2) is 7.46. The van der Waals surface area contributed by atoms with Gasteiger partial charge in [0.1, 0.15) is 0 Å². The molecule has 5 nitrogen and oxygen atoms in total. The van der Waals surface area contributed by atoms with Crippen LogP contribution in [0.25, 0.3) is 5.69 Å². The third-order valence-corrected chi connectivity index (χ3v) is 3.81. The molecule has 0 radical (unpaired) electrons. The van der Waals surface area contributed by atoms with Crippen LogP contribution in [0.2, 0.25) is 5.02 Å². The van der Waals surface area contributed by atoms with Crippen LogP contribution in [0.4, 0.5) is 0 Å². The minimum atomic E-state index is -0.630. The van der Waals surface area contributed by atoms with E-state index in [0.717, 1.165) is 11.3 Å². The normalized spacial score (nSPS) is 12.4. The average molecular weight is 332 g/mol. The average Bonchev–Trinajstić information content (AvgIpc) is 3.20. The molecule has 0 bridgehead atoms. The van der Waals surface area contributed by atoms with Crippen molar-refractivity contribution in [2.75, 3.05) is 6.61 Å². The van der Waals surface area contributed by atoms with Crippen LogP contribution in [0.1, 0.15) is 5.56 Å². The first-order valence-electron chi connectivity index (χ1n) is 7.37. The summed E-state index contributed by atoms with van der Waals surface area (Å²) < 4.78 is 9.20. The predicted molar refractivity (Wildman–Crippen MR) is 88.7 cm³/mol. The van der Waals surface area contributed by atoms with Gasteiger partial charge in [0.05, 0.1) is 37.7 Å². The van der Waals surface area contributed by atoms with Gasteiger partial charge in [0, 0.05) is 23.6 Å². The summed E-state index contributed by atoms with van der Waals surface area (Å²) in [6, 6.07) is 11.4. The number of benzene rings is 1. The molecular weight excluding hydrogens is 314 g/mol. The van der Waals surface area contributed by atoms with Crippen LogP contribution in [-0.4, -0.2) is 32.2 Å². The van der Waals surface area contributed by atoms with E-state index in [9.17, 15) is 5.11 Å².